The Morgan fingerprint density at radius 2 is 0.760 bits per heavy atom. The van der Waals surface area contributed by atoms with Crippen molar-refractivity contribution in [1.29, 1.82) is 0 Å². The molecule has 1 nitrogen and oxygen atoms in total. The van der Waals surface area contributed by atoms with E-state index in [1.54, 1.807) is 0 Å². The zero-order valence-corrected chi connectivity index (χ0v) is 17.9. The summed E-state index contributed by atoms with van der Waals surface area (Å²) in [6.45, 7) is 5.08. The maximum Gasteiger partial charge on any atom is 0.0431 e. The summed E-state index contributed by atoms with van der Waals surface area (Å²) < 4.78 is 0. The van der Waals surface area contributed by atoms with Crippen LogP contribution in [0.2, 0.25) is 0 Å². The Balaban J connectivity index is 2.98. The number of aliphatic hydroxyl groups excluding tert-OH is 1. The minimum Gasteiger partial charge on any atom is -0.396 e. The smallest absolute Gasteiger partial charge is 0.0431 e. The molecule has 0 heterocycles. The van der Waals surface area contributed by atoms with E-state index in [1.165, 1.54) is 122 Å². The van der Waals surface area contributed by atoms with Crippen LogP contribution in [0.5, 0.6) is 0 Å². The normalized spacial score (nSPS) is 12.6. The van der Waals surface area contributed by atoms with Crippen molar-refractivity contribution in [2.75, 3.05) is 6.61 Å². The van der Waals surface area contributed by atoms with E-state index < -0.39 is 0 Å². The molecule has 0 fully saturated rings. The highest BCUT2D eigenvalue weighted by molar-refractivity contribution is 4.53. The topological polar surface area (TPSA) is 20.2 Å². The average molecular weight is 355 g/mol. The Morgan fingerprint density at radius 3 is 1.04 bits per heavy atom. The molecule has 0 saturated heterocycles. The van der Waals surface area contributed by atoms with Crippen molar-refractivity contribution in [2.24, 2.45) is 5.92 Å². The van der Waals surface area contributed by atoms with Crippen LogP contribution in [0.25, 0.3) is 0 Å². The molecule has 152 valence electrons. The maximum absolute atomic E-state index is 8.73. The summed E-state index contributed by atoms with van der Waals surface area (Å²) in [4.78, 5) is 0. The largest absolute Gasteiger partial charge is 0.396 e. The zero-order chi connectivity index (χ0) is 18.4. The fraction of sp³-hybridized carbons (Fsp3) is 1.00. The first-order valence-corrected chi connectivity index (χ1v) is 11.9. The summed E-state index contributed by atoms with van der Waals surface area (Å²) in [5.74, 6) is 0.942. The van der Waals surface area contributed by atoms with E-state index in [2.05, 4.69) is 13.8 Å². The van der Waals surface area contributed by atoms with Crippen LogP contribution in [0.4, 0.5) is 0 Å². The summed E-state index contributed by atoms with van der Waals surface area (Å²) in [7, 11) is 0. The van der Waals surface area contributed by atoms with Gasteiger partial charge < -0.3 is 5.11 Å². The van der Waals surface area contributed by atoms with Gasteiger partial charge in [0.25, 0.3) is 0 Å². The van der Waals surface area contributed by atoms with Gasteiger partial charge in [0.2, 0.25) is 0 Å². The summed E-state index contributed by atoms with van der Waals surface area (Å²) in [6.07, 6.45) is 28.1. The molecule has 0 saturated carbocycles. The van der Waals surface area contributed by atoms with E-state index >= 15 is 0 Å². The van der Waals surface area contributed by atoms with Gasteiger partial charge >= 0.3 is 0 Å². The Labute approximate surface area is 160 Å². The number of rotatable bonds is 21. The van der Waals surface area contributed by atoms with E-state index in [1.807, 2.05) is 0 Å². The quantitative estimate of drug-likeness (QED) is 0.205. The predicted molar refractivity (Wildman–Crippen MR) is 114 cm³/mol. The number of aliphatic hydroxyl groups is 1. The van der Waals surface area contributed by atoms with Gasteiger partial charge in [0, 0.05) is 6.61 Å². The van der Waals surface area contributed by atoms with Crippen molar-refractivity contribution in [3.05, 3.63) is 0 Å². The number of unbranched alkanes of at least 4 members (excludes halogenated alkanes) is 17. The van der Waals surface area contributed by atoms with Crippen molar-refractivity contribution in [1.82, 2.24) is 0 Å². The highest BCUT2D eigenvalue weighted by atomic mass is 16.2. The standard InChI is InChI=1S/C24H50O/c1-3-24(2)22-20-18-16-14-12-10-8-6-4-5-7-9-11-13-15-17-19-21-23-25/h24-25H,3-23H2,1-2H3. The second-order valence-corrected chi connectivity index (χ2v) is 8.39. The van der Waals surface area contributed by atoms with Gasteiger partial charge in [-0.05, 0) is 12.3 Å². The van der Waals surface area contributed by atoms with Crippen molar-refractivity contribution in [3.8, 4) is 0 Å². The molecule has 0 aliphatic carbocycles. The third-order valence-electron chi connectivity index (χ3n) is 5.80. The molecule has 25 heavy (non-hydrogen) atoms. The number of hydrogen-bond donors (Lipinski definition) is 1. The third-order valence-corrected chi connectivity index (χ3v) is 5.80. The third kappa shape index (κ3) is 21.9. The van der Waals surface area contributed by atoms with Crippen molar-refractivity contribution in [3.63, 3.8) is 0 Å². The van der Waals surface area contributed by atoms with Crippen molar-refractivity contribution >= 4 is 0 Å². The fourth-order valence-electron chi connectivity index (χ4n) is 3.64. The summed E-state index contributed by atoms with van der Waals surface area (Å²) >= 11 is 0. The molecule has 0 aromatic rings. The Bertz CT molecular complexity index is 226. The van der Waals surface area contributed by atoms with Crippen LogP contribution in [-0.2, 0) is 0 Å². The van der Waals surface area contributed by atoms with Crippen LogP contribution in [0.15, 0.2) is 0 Å². The molecule has 0 bridgehead atoms. The SMILES string of the molecule is CCC(C)CCCCCCCCCCCCCCCCCCCCO. The Hall–Kier alpha value is -0.0400. The predicted octanol–water partition coefficient (Wildman–Crippen LogP) is 8.44. The minimum absolute atomic E-state index is 0.373. The summed E-state index contributed by atoms with van der Waals surface area (Å²) in [6, 6.07) is 0. The molecule has 0 spiro atoms. The molecule has 1 unspecified atom stereocenters. The Kier molecular flexibility index (Phi) is 22.0. The van der Waals surface area contributed by atoms with Crippen LogP contribution >= 0.6 is 0 Å². The monoisotopic (exact) mass is 354 g/mol. The van der Waals surface area contributed by atoms with Crippen LogP contribution in [-0.4, -0.2) is 11.7 Å². The maximum atomic E-state index is 8.73. The van der Waals surface area contributed by atoms with Gasteiger partial charge in [0.15, 0.2) is 0 Å². The van der Waals surface area contributed by atoms with E-state index in [-0.39, 0.29) is 0 Å². The van der Waals surface area contributed by atoms with E-state index in [4.69, 9.17) is 5.11 Å². The molecule has 1 N–H and O–H groups in total. The summed E-state index contributed by atoms with van der Waals surface area (Å²) in [5.41, 5.74) is 0. The zero-order valence-electron chi connectivity index (χ0n) is 17.9. The van der Waals surface area contributed by atoms with Crippen LogP contribution in [0.3, 0.4) is 0 Å². The molecular weight excluding hydrogens is 304 g/mol. The van der Waals surface area contributed by atoms with Gasteiger partial charge in [-0.2, -0.15) is 0 Å². The van der Waals surface area contributed by atoms with Gasteiger partial charge in [-0.15, -0.1) is 0 Å². The number of hydrogen-bond acceptors (Lipinski definition) is 1. The summed E-state index contributed by atoms with van der Waals surface area (Å²) in [5, 5.41) is 8.73. The lowest BCUT2D eigenvalue weighted by Gasteiger charge is -2.07. The van der Waals surface area contributed by atoms with Crippen molar-refractivity contribution in [2.45, 2.75) is 142 Å². The van der Waals surface area contributed by atoms with Crippen LogP contribution in [0.1, 0.15) is 142 Å². The second-order valence-electron chi connectivity index (χ2n) is 8.39. The highest BCUT2D eigenvalue weighted by Gasteiger charge is 1.98. The highest BCUT2D eigenvalue weighted by Crippen LogP contribution is 2.16. The lowest BCUT2D eigenvalue weighted by atomic mass is 9.99. The molecule has 0 amide bonds. The van der Waals surface area contributed by atoms with Gasteiger partial charge in [0.05, 0.1) is 0 Å². The first kappa shape index (κ1) is 25.0. The van der Waals surface area contributed by atoms with Gasteiger partial charge in [0.1, 0.15) is 0 Å². The van der Waals surface area contributed by atoms with Gasteiger partial charge in [-0.1, -0.05) is 136 Å². The molecule has 0 radical (unpaired) electrons. The van der Waals surface area contributed by atoms with E-state index in [0.29, 0.717) is 6.61 Å². The van der Waals surface area contributed by atoms with Crippen LogP contribution in [0, 0.1) is 5.92 Å². The minimum atomic E-state index is 0.373. The van der Waals surface area contributed by atoms with E-state index in [9.17, 15) is 0 Å². The van der Waals surface area contributed by atoms with Gasteiger partial charge in [-0.25, -0.2) is 0 Å². The molecule has 1 heteroatoms. The molecule has 0 aliphatic rings. The molecular formula is C24H50O. The van der Waals surface area contributed by atoms with Gasteiger partial charge in [-0.3, -0.25) is 0 Å². The van der Waals surface area contributed by atoms with Crippen molar-refractivity contribution < 1.29 is 5.11 Å². The van der Waals surface area contributed by atoms with E-state index in [0.717, 1.165) is 12.3 Å². The fourth-order valence-corrected chi connectivity index (χ4v) is 3.64. The molecule has 0 aliphatic heterocycles. The first-order chi connectivity index (χ1) is 12.3. The molecule has 1 atom stereocenters. The van der Waals surface area contributed by atoms with Crippen LogP contribution < -0.4 is 0 Å². The first-order valence-electron chi connectivity index (χ1n) is 11.9. The lowest BCUT2D eigenvalue weighted by molar-refractivity contribution is 0.282. The Morgan fingerprint density at radius 1 is 0.480 bits per heavy atom. The molecule has 0 aromatic carbocycles. The second kappa shape index (κ2) is 22.0. The lowest BCUT2D eigenvalue weighted by Crippen LogP contribution is -1.91. The molecule has 0 rings (SSSR count). The molecule has 0 aromatic heterocycles. The average Bonchev–Trinajstić information content (AvgIpc) is 2.63.